The van der Waals surface area contributed by atoms with Gasteiger partial charge in [-0.05, 0) is 37.5 Å². The molecule has 18 heavy (non-hydrogen) atoms. The van der Waals surface area contributed by atoms with Crippen LogP contribution in [0.15, 0.2) is 18.2 Å². The quantitative estimate of drug-likeness (QED) is 0.696. The summed E-state index contributed by atoms with van der Waals surface area (Å²) in [6.45, 7) is 4.95. The third kappa shape index (κ3) is 3.66. The van der Waals surface area contributed by atoms with Crippen molar-refractivity contribution in [1.29, 1.82) is 0 Å². The van der Waals surface area contributed by atoms with Gasteiger partial charge in [0.2, 0.25) is 0 Å². The molecule has 0 N–H and O–H groups in total. The van der Waals surface area contributed by atoms with Crippen LogP contribution in [0.4, 0.5) is 0 Å². The lowest BCUT2D eigenvalue weighted by Gasteiger charge is -2.24. The monoisotopic (exact) mass is 248 g/mol. The molecule has 1 atom stereocenters. The average molecular weight is 248 g/mol. The summed E-state index contributed by atoms with van der Waals surface area (Å²) in [5.74, 6) is 1.81. The van der Waals surface area contributed by atoms with E-state index in [1.54, 1.807) is 0 Å². The number of unbranched alkanes of at least 4 members (excludes halogenated alkanes) is 4. The SMILES string of the molecule is CCCCCCCc1ccc2c(c1)OC(C)CO2. The summed E-state index contributed by atoms with van der Waals surface area (Å²) in [6.07, 6.45) is 7.94. The van der Waals surface area contributed by atoms with E-state index in [1.165, 1.54) is 37.7 Å². The molecule has 1 heterocycles. The lowest BCUT2D eigenvalue weighted by molar-refractivity contribution is 0.104. The second-order valence-electron chi connectivity index (χ2n) is 5.18. The van der Waals surface area contributed by atoms with Crippen molar-refractivity contribution in [3.8, 4) is 11.5 Å². The van der Waals surface area contributed by atoms with E-state index < -0.39 is 0 Å². The first-order chi connectivity index (χ1) is 8.79. The molecule has 2 rings (SSSR count). The summed E-state index contributed by atoms with van der Waals surface area (Å²) < 4.78 is 11.4. The summed E-state index contributed by atoms with van der Waals surface area (Å²) >= 11 is 0. The summed E-state index contributed by atoms with van der Waals surface area (Å²) in [4.78, 5) is 0. The number of ether oxygens (including phenoxy) is 2. The van der Waals surface area contributed by atoms with Crippen molar-refractivity contribution in [2.45, 2.75) is 58.5 Å². The molecule has 0 saturated carbocycles. The van der Waals surface area contributed by atoms with Gasteiger partial charge in [0.15, 0.2) is 11.5 Å². The molecule has 0 aliphatic carbocycles. The number of fused-ring (bicyclic) bond motifs is 1. The van der Waals surface area contributed by atoms with Crippen molar-refractivity contribution in [2.24, 2.45) is 0 Å². The van der Waals surface area contributed by atoms with E-state index in [0.717, 1.165) is 17.9 Å². The van der Waals surface area contributed by atoms with Crippen LogP contribution in [0, 0.1) is 0 Å². The number of hydrogen-bond donors (Lipinski definition) is 0. The minimum absolute atomic E-state index is 0.164. The average Bonchev–Trinajstić information content (AvgIpc) is 2.38. The van der Waals surface area contributed by atoms with E-state index in [9.17, 15) is 0 Å². The number of hydrogen-bond acceptors (Lipinski definition) is 2. The normalized spacial score (nSPS) is 17.8. The Bertz CT molecular complexity index is 373. The predicted octanol–water partition coefficient (Wildman–Crippen LogP) is 4.36. The van der Waals surface area contributed by atoms with E-state index in [0.29, 0.717) is 6.61 Å². The Balaban J connectivity index is 1.84. The van der Waals surface area contributed by atoms with Crippen LogP contribution in [0.1, 0.15) is 51.5 Å². The fourth-order valence-corrected chi connectivity index (χ4v) is 2.31. The van der Waals surface area contributed by atoms with Gasteiger partial charge < -0.3 is 9.47 Å². The van der Waals surface area contributed by atoms with E-state index >= 15 is 0 Å². The van der Waals surface area contributed by atoms with Gasteiger partial charge in [-0.3, -0.25) is 0 Å². The Hall–Kier alpha value is -1.18. The molecule has 0 bridgehead atoms. The Morgan fingerprint density at radius 1 is 1.11 bits per heavy atom. The molecular weight excluding hydrogens is 224 g/mol. The smallest absolute Gasteiger partial charge is 0.162 e. The van der Waals surface area contributed by atoms with Crippen LogP contribution >= 0.6 is 0 Å². The standard InChI is InChI=1S/C16H24O2/c1-3-4-5-6-7-8-14-9-10-15-16(11-14)18-13(2)12-17-15/h9-11,13H,3-8,12H2,1-2H3. The van der Waals surface area contributed by atoms with Crippen molar-refractivity contribution < 1.29 is 9.47 Å². The van der Waals surface area contributed by atoms with Crippen molar-refractivity contribution in [2.75, 3.05) is 6.61 Å². The lowest BCUT2D eigenvalue weighted by atomic mass is 10.0. The van der Waals surface area contributed by atoms with Crippen molar-refractivity contribution in [1.82, 2.24) is 0 Å². The molecule has 0 spiro atoms. The zero-order valence-electron chi connectivity index (χ0n) is 11.6. The maximum absolute atomic E-state index is 5.79. The number of aryl methyl sites for hydroxylation is 1. The van der Waals surface area contributed by atoms with Gasteiger partial charge in [-0.25, -0.2) is 0 Å². The lowest BCUT2D eigenvalue weighted by Crippen LogP contribution is -2.25. The van der Waals surface area contributed by atoms with Crippen molar-refractivity contribution in [3.05, 3.63) is 23.8 Å². The van der Waals surface area contributed by atoms with Crippen LogP contribution in [0.2, 0.25) is 0 Å². The van der Waals surface area contributed by atoms with Crippen LogP contribution in [-0.2, 0) is 6.42 Å². The second-order valence-corrected chi connectivity index (χ2v) is 5.18. The first-order valence-corrected chi connectivity index (χ1v) is 7.22. The van der Waals surface area contributed by atoms with Crippen LogP contribution in [-0.4, -0.2) is 12.7 Å². The highest BCUT2D eigenvalue weighted by Crippen LogP contribution is 2.32. The Morgan fingerprint density at radius 2 is 1.94 bits per heavy atom. The summed E-state index contributed by atoms with van der Waals surface area (Å²) in [7, 11) is 0. The van der Waals surface area contributed by atoms with E-state index in [2.05, 4.69) is 19.1 Å². The second kappa shape index (κ2) is 6.67. The van der Waals surface area contributed by atoms with Crippen LogP contribution < -0.4 is 9.47 Å². The maximum Gasteiger partial charge on any atom is 0.162 e. The number of rotatable bonds is 6. The highest BCUT2D eigenvalue weighted by molar-refractivity contribution is 5.44. The molecule has 2 heteroatoms. The molecule has 0 aromatic heterocycles. The topological polar surface area (TPSA) is 18.5 Å². The zero-order chi connectivity index (χ0) is 12.8. The third-order valence-corrected chi connectivity index (χ3v) is 3.38. The molecule has 1 aromatic rings. The van der Waals surface area contributed by atoms with Crippen LogP contribution in [0.5, 0.6) is 11.5 Å². The van der Waals surface area contributed by atoms with E-state index in [4.69, 9.17) is 9.47 Å². The Morgan fingerprint density at radius 3 is 2.78 bits per heavy atom. The minimum atomic E-state index is 0.164. The highest BCUT2D eigenvalue weighted by Gasteiger charge is 2.17. The molecule has 2 nitrogen and oxygen atoms in total. The molecule has 0 fully saturated rings. The summed E-state index contributed by atoms with van der Waals surface area (Å²) in [6, 6.07) is 6.35. The number of benzene rings is 1. The van der Waals surface area contributed by atoms with Gasteiger partial charge in [-0.15, -0.1) is 0 Å². The first kappa shape index (κ1) is 13.3. The zero-order valence-corrected chi connectivity index (χ0v) is 11.6. The minimum Gasteiger partial charge on any atom is -0.486 e. The summed E-state index contributed by atoms with van der Waals surface area (Å²) in [5, 5.41) is 0. The van der Waals surface area contributed by atoms with Crippen LogP contribution in [0.25, 0.3) is 0 Å². The molecule has 0 saturated heterocycles. The first-order valence-electron chi connectivity index (χ1n) is 7.22. The maximum atomic E-state index is 5.79. The molecule has 0 amide bonds. The van der Waals surface area contributed by atoms with E-state index in [1.807, 2.05) is 13.0 Å². The van der Waals surface area contributed by atoms with Crippen molar-refractivity contribution in [3.63, 3.8) is 0 Å². The largest absolute Gasteiger partial charge is 0.486 e. The van der Waals surface area contributed by atoms with Gasteiger partial charge in [0.25, 0.3) is 0 Å². The fraction of sp³-hybridized carbons (Fsp3) is 0.625. The van der Waals surface area contributed by atoms with Gasteiger partial charge in [0.1, 0.15) is 12.7 Å². The highest BCUT2D eigenvalue weighted by atomic mass is 16.6. The molecular formula is C16H24O2. The van der Waals surface area contributed by atoms with Crippen molar-refractivity contribution >= 4 is 0 Å². The van der Waals surface area contributed by atoms with E-state index in [-0.39, 0.29) is 6.10 Å². The van der Waals surface area contributed by atoms with Gasteiger partial charge in [-0.2, -0.15) is 0 Å². The molecule has 1 aromatic carbocycles. The van der Waals surface area contributed by atoms with Crippen LogP contribution in [0.3, 0.4) is 0 Å². The molecule has 1 aliphatic rings. The molecule has 1 unspecified atom stereocenters. The fourth-order valence-electron chi connectivity index (χ4n) is 2.31. The third-order valence-electron chi connectivity index (χ3n) is 3.38. The predicted molar refractivity (Wildman–Crippen MR) is 74.5 cm³/mol. The molecule has 1 aliphatic heterocycles. The molecule has 100 valence electrons. The van der Waals surface area contributed by atoms with Gasteiger partial charge >= 0.3 is 0 Å². The van der Waals surface area contributed by atoms with Gasteiger partial charge in [-0.1, -0.05) is 38.7 Å². The van der Waals surface area contributed by atoms with Gasteiger partial charge in [0, 0.05) is 0 Å². The molecule has 0 radical (unpaired) electrons. The Kier molecular flexibility index (Phi) is 4.91. The van der Waals surface area contributed by atoms with Gasteiger partial charge in [0.05, 0.1) is 0 Å². The summed E-state index contributed by atoms with van der Waals surface area (Å²) in [5.41, 5.74) is 1.36. The Labute approximate surface area is 110 Å².